The fraction of sp³-hybridized carbons (Fsp3) is 0.750. The summed E-state index contributed by atoms with van der Waals surface area (Å²) in [6, 6.07) is 2.94. The molecule has 1 fully saturated rings. The second kappa shape index (κ2) is 7.81. The zero-order valence-corrected chi connectivity index (χ0v) is 13.1. The molecule has 1 aliphatic rings. The van der Waals surface area contributed by atoms with E-state index >= 15 is 0 Å². The van der Waals surface area contributed by atoms with E-state index in [-0.39, 0.29) is 0 Å². The molecule has 20 heavy (non-hydrogen) atoms. The lowest BCUT2D eigenvalue weighted by molar-refractivity contribution is 0.134. The second-order valence-corrected chi connectivity index (χ2v) is 5.67. The molecule has 114 valence electrons. The topological polar surface area (TPSA) is 37.6 Å². The van der Waals surface area contributed by atoms with E-state index in [9.17, 15) is 0 Å². The molecule has 1 aromatic heterocycles. The Hall–Kier alpha value is -0.840. The van der Waals surface area contributed by atoms with Crippen LogP contribution in [0.2, 0.25) is 0 Å². The average Bonchev–Trinajstić information content (AvgIpc) is 3.21. The van der Waals surface area contributed by atoms with Gasteiger partial charge in [0.15, 0.2) is 0 Å². The van der Waals surface area contributed by atoms with Crippen LogP contribution < -0.4 is 5.32 Å². The van der Waals surface area contributed by atoms with Gasteiger partial charge in [-0.15, -0.1) is 0 Å². The van der Waals surface area contributed by atoms with Crippen LogP contribution in [0.5, 0.6) is 0 Å². The van der Waals surface area contributed by atoms with Gasteiger partial charge in [-0.25, -0.2) is 0 Å². The van der Waals surface area contributed by atoms with E-state index in [4.69, 9.17) is 9.15 Å². The van der Waals surface area contributed by atoms with Crippen molar-refractivity contribution in [2.75, 3.05) is 26.8 Å². The third-order valence-electron chi connectivity index (χ3n) is 3.82. The summed E-state index contributed by atoms with van der Waals surface area (Å²) in [5, 5.41) is 3.43. The average molecular weight is 280 g/mol. The maximum Gasteiger partial charge on any atom is 0.118 e. The predicted octanol–water partition coefficient (Wildman–Crippen LogP) is 2.70. The van der Waals surface area contributed by atoms with Gasteiger partial charge in [-0.3, -0.25) is 4.90 Å². The highest BCUT2D eigenvalue weighted by molar-refractivity contribution is 5.20. The predicted molar refractivity (Wildman–Crippen MR) is 80.8 cm³/mol. The first-order valence-corrected chi connectivity index (χ1v) is 7.76. The van der Waals surface area contributed by atoms with E-state index in [2.05, 4.69) is 30.1 Å². The normalized spacial score (nSPS) is 15.2. The Balaban J connectivity index is 1.89. The van der Waals surface area contributed by atoms with Gasteiger partial charge in [0, 0.05) is 31.8 Å². The van der Waals surface area contributed by atoms with Gasteiger partial charge in [0.1, 0.15) is 11.5 Å². The Kier molecular flexibility index (Phi) is 6.07. The highest BCUT2D eigenvalue weighted by atomic mass is 16.5. The largest absolute Gasteiger partial charge is 0.465 e. The van der Waals surface area contributed by atoms with Gasteiger partial charge in [-0.05, 0) is 38.8 Å². The number of nitrogens with one attached hydrogen (secondary N) is 1. The first-order valence-electron chi connectivity index (χ1n) is 7.76. The summed E-state index contributed by atoms with van der Waals surface area (Å²) in [6.07, 6.45) is 3.79. The fourth-order valence-electron chi connectivity index (χ4n) is 2.48. The number of aryl methyl sites for hydroxylation is 1. The monoisotopic (exact) mass is 280 g/mol. The molecular formula is C16H28N2O2. The van der Waals surface area contributed by atoms with E-state index < -0.39 is 0 Å². The molecule has 0 radical (unpaired) electrons. The molecule has 1 N–H and O–H groups in total. The lowest BCUT2D eigenvalue weighted by Crippen LogP contribution is -2.28. The van der Waals surface area contributed by atoms with Crippen LogP contribution in [-0.2, 0) is 17.8 Å². The summed E-state index contributed by atoms with van der Waals surface area (Å²) in [7, 11) is 1.76. The van der Waals surface area contributed by atoms with Crippen LogP contribution in [-0.4, -0.2) is 37.7 Å². The van der Waals surface area contributed by atoms with Gasteiger partial charge < -0.3 is 14.5 Å². The highest BCUT2D eigenvalue weighted by Crippen LogP contribution is 2.28. The number of rotatable bonds is 10. The SMILES string of the molecule is CCCNCc1cc(CN(CCOC)C2CC2)oc1C. The smallest absolute Gasteiger partial charge is 0.118 e. The Bertz CT molecular complexity index is 399. The van der Waals surface area contributed by atoms with Crippen molar-refractivity contribution in [3.8, 4) is 0 Å². The standard InChI is InChI=1S/C16H28N2O2/c1-4-7-17-11-14-10-16(20-13(14)2)12-18(8-9-19-3)15-5-6-15/h10,15,17H,4-9,11-12H2,1-3H3. The summed E-state index contributed by atoms with van der Waals surface area (Å²) < 4.78 is 11.1. The Morgan fingerprint density at radius 1 is 1.45 bits per heavy atom. The third-order valence-corrected chi connectivity index (χ3v) is 3.82. The number of hydrogen-bond acceptors (Lipinski definition) is 4. The van der Waals surface area contributed by atoms with Crippen LogP contribution in [0, 0.1) is 6.92 Å². The Labute approximate surface area is 122 Å². The maximum absolute atomic E-state index is 5.91. The third kappa shape index (κ3) is 4.62. The minimum atomic E-state index is 0.734. The van der Waals surface area contributed by atoms with Crippen molar-refractivity contribution in [3.63, 3.8) is 0 Å². The van der Waals surface area contributed by atoms with Crippen LogP contribution in [0.25, 0.3) is 0 Å². The lowest BCUT2D eigenvalue weighted by atomic mass is 10.2. The van der Waals surface area contributed by atoms with Crippen LogP contribution in [0.15, 0.2) is 10.5 Å². The Morgan fingerprint density at radius 3 is 2.90 bits per heavy atom. The van der Waals surface area contributed by atoms with Crippen molar-refractivity contribution in [1.82, 2.24) is 10.2 Å². The van der Waals surface area contributed by atoms with Gasteiger partial charge in [0.25, 0.3) is 0 Å². The second-order valence-electron chi connectivity index (χ2n) is 5.67. The van der Waals surface area contributed by atoms with Crippen LogP contribution in [0.1, 0.15) is 43.3 Å². The number of ether oxygens (including phenoxy) is 1. The van der Waals surface area contributed by atoms with Crippen molar-refractivity contribution in [1.29, 1.82) is 0 Å². The molecule has 4 heteroatoms. The summed E-state index contributed by atoms with van der Waals surface area (Å²) in [5.41, 5.74) is 1.29. The van der Waals surface area contributed by atoms with Gasteiger partial charge in [0.2, 0.25) is 0 Å². The molecule has 4 nitrogen and oxygen atoms in total. The minimum absolute atomic E-state index is 0.734. The van der Waals surface area contributed by atoms with Crippen molar-refractivity contribution >= 4 is 0 Å². The van der Waals surface area contributed by atoms with Crippen molar-refractivity contribution in [2.45, 2.75) is 52.2 Å². The molecule has 0 aliphatic heterocycles. The van der Waals surface area contributed by atoms with Crippen LogP contribution >= 0.6 is 0 Å². The fourth-order valence-corrected chi connectivity index (χ4v) is 2.48. The number of nitrogens with zero attached hydrogens (tertiary/aromatic N) is 1. The van der Waals surface area contributed by atoms with Crippen molar-refractivity contribution < 1.29 is 9.15 Å². The van der Waals surface area contributed by atoms with Gasteiger partial charge >= 0.3 is 0 Å². The van der Waals surface area contributed by atoms with Gasteiger partial charge in [-0.1, -0.05) is 6.92 Å². The molecule has 2 rings (SSSR count). The van der Waals surface area contributed by atoms with E-state index in [0.717, 1.165) is 56.8 Å². The molecule has 0 saturated heterocycles. The molecule has 1 heterocycles. The molecule has 0 atom stereocenters. The highest BCUT2D eigenvalue weighted by Gasteiger charge is 2.29. The molecule has 1 aliphatic carbocycles. The number of hydrogen-bond donors (Lipinski definition) is 1. The molecule has 1 aromatic rings. The number of furan rings is 1. The molecule has 0 bridgehead atoms. The quantitative estimate of drug-likeness (QED) is 0.669. The molecule has 0 spiro atoms. The van der Waals surface area contributed by atoms with Crippen molar-refractivity contribution in [2.24, 2.45) is 0 Å². The summed E-state index contributed by atoms with van der Waals surface area (Å²) in [5.74, 6) is 2.13. The summed E-state index contributed by atoms with van der Waals surface area (Å²) in [6.45, 7) is 8.90. The number of methoxy groups -OCH3 is 1. The van der Waals surface area contributed by atoms with Gasteiger partial charge in [-0.2, -0.15) is 0 Å². The first kappa shape index (κ1) is 15.5. The van der Waals surface area contributed by atoms with Crippen molar-refractivity contribution in [3.05, 3.63) is 23.2 Å². The zero-order valence-electron chi connectivity index (χ0n) is 13.1. The minimum Gasteiger partial charge on any atom is -0.465 e. The van der Waals surface area contributed by atoms with Crippen LogP contribution in [0.4, 0.5) is 0 Å². The maximum atomic E-state index is 5.91. The summed E-state index contributed by atoms with van der Waals surface area (Å²) >= 11 is 0. The molecule has 1 saturated carbocycles. The zero-order chi connectivity index (χ0) is 14.4. The van der Waals surface area contributed by atoms with E-state index in [1.807, 2.05) is 0 Å². The Morgan fingerprint density at radius 2 is 2.25 bits per heavy atom. The first-order chi connectivity index (χ1) is 9.74. The van der Waals surface area contributed by atoms with E-state index in [0.29, 0.717) is 0 Å². The van der Waals surface area contributed by atoms with Gasteiger partial charge in [0.05, 0.1) is 13.2 Å². The molecular weight excluding hydrogens is 252 g/mol. The lowest BCUT2D eigenvalue weighted by Gasteiger charge is -2.19. The van der Waals surface area contributed by atoms with Crippen LogP contribution in [0.3, 0.4) is 0 Å². The molecule has 0 aromatic carbocycles. The molecule has 0 amide bonds. The molecule has 0 unspecified atom stereocenters. The van der Waals surface area contributed by atoms with E-state index in [1.54, 1.807) is 7.11 Å². The van der Waals surface area contributed by atoms with E-state index in [1.165, 1.54) is 18.4 Å². The summed E-state index contributed by atoms with van der Waals surface area (Å²) in [4.78, 5) is 2.48.